The van der Waals surface area contributed by atoms with Crippen LogP contribution in [0.15, 0.2) is 158 Å². The monoisotopic (exact) mass is 1440 g/mol. The number of aliphatic hydroxyl groups excluding tert-OH is 1. The van der Waals surface area contributed by atoms with Crippen molar-refractivity contribution >= 4 is 39.5 Å². The lowest BCUT2D eigenvalue weighted by atomic mass is 10.1. The molecule has 0 aliphatic heterocycles. The Kier molecular flexibility index (Phi) is 68.2. The Hall–Kier alpha value is -5.32. The molecule has 5 unspecified atom stereocenters. The van der Waals surface area contributed by atoms with Gasteiger partial charge in [0.2, 0.25) is 0 Å². The Balaban J connectivity index is 5.44. The normalized spacial score (nSPS) is 14.8. The maximum Gasteiger partial charge on any atom is 0.472 e. The van der Waals surface area contributed by atoms with Crippen LogP contribution < -0.4 is 0 Å². The van der Waals surface area contributed by atoms with Gasteiger partial charge in [0, 0.05) is 25.7 Å². The number of esters is 4. The average molecular weight is 1440 g/mol. The smallest absolute Gasteiger partial charge is 0.462 e. The highest BCUT2D eigenvalue weighted by molar-refractivity contribution is 7.47. The molecule has 5 atom stereocenters. The largest absolute Gasteiger partial charge is 0.472 e. The fraction of sp³-hybridized carbons (Fsp3) is 0.630. The summed E-state index contributed by atoms with van der Waals surface area (Å²) in [6.45, 7) is 4.39. The summed E-state index contributed by atoms with van der Waals surface area (Å²) in [5.41, 5.74) is 0. The molecule has 0 aliphatic carbocycles. The number of phosphoric ester groups is 2. The molecule has 0 aliphatic rings. The summed E-state index contributed by atoms with van der Waals surface area (Å²) in [6.07, 6.45) is 82.6. The van der Waals surface area contributed by atoms with Crippen LogP contribution in [0.1, 0.15) is 272 Å². The second kappa shape index (κ2) is 72.0. The maximum atomic E-state index is 13.1. The highest BCUT2D eigenvalue weighted by Gasteiger charge is 2.30. The second-order valence-corrected chi connectivity index (χ2v) is 27.4. The summed E-state index contributed by atoms with van der Waals surface area (Å²) in [5, 5.41) is 10.6. The number of phosphoric acid groups is 2. The first kappa shape index (κ1) is 94.7. The summed E-state index contributed by atoms with van der Waals surface area (Å²) < 4.78 is 68.3. The molecule has 0 aromatic heterocycles. The van der Waals surface area contributed by atoms with Gasteiger partial charge in [-0.25, -0.2) is 9.13 Å². The number of carbonyl (C=O) groups is 4. The van der Waals surface area contributed by atoms with Crippen LogP contribution in [0.5, 0.6) is 0 Å². The summed E-state index contributed by atoms with van der Waals surface area (Å²) in [6, 6.07) is 0. The molecular weight excluding hydrogens is 1310 g/mol. The van der Waals surface area contributed by atoms with Crippen molar-refractivity contribution < 1.29 is 80.2 Å². The Bertz CT molecular complexity index is 2520. The molecule has 0 aromatic carbocycles. The molecule has 0 radical (unpaired) electrons. The van der Waals surface area contributed by atoms with E-state index in [2.05, 4.69) is 167 Å². The zero-order valence-electron chi connectivity index (χ0n) is 61.8. The molecule has 17 nitrogen and oxygen atoms in total. The zero-order valence-corrected chi connectivity index (χ0v) is 63.6. The topological polar surface area (TPSA) is 237 Å². The number of hydrogen-bond acceptors (Lipinski definition) is 15. The Morgan fingerprint density at radius 3 is 0.920 bits per heavy atom. The zero-order chi connectivity index (χ0) is 73.2. The molecule has 0 rings (SSSR count). The third-order valence-electron chi connectivity index (χ3n) is 15.0. The number of hydrogen-bond donors (Lipinski definition) is 3. The maximum absolute atomic E-state index is 13.1. The Morgan fingerprint density at radius 1 is 0.290 bits per heavy atom. The Labute approximate surface area is 604 Å². The van der Waals surface area contributed by atoms with Crippen molar-refractivity contribution in [3.63, 3.8) is 0 Å². The molecular formula is C81H132O17P2. The van der Waals surface area contributed by atoms with E-state index in [1.165, 1.54) is 25.7 Å². The van der Waals surface area contributed by atoms with Gasteiger partial charge < -0.3 is 33.8 Å². The van der Waals surface area contributed by atoms with Gasteiger partial charge in [0.05, 0.1) is 26.4 Å². The van der Waals surface area contributed by atoms with Crippen LogP contribution in [0.2, 0.25) is 0 Å². The molecule has 0 saturated carbocycles. The molecule has 0 aromatic rings. The van der Waals surface area contributed by atoms with Crippen LogP contribution >= 0.6 is 15.6 Å². The highest BCUT2D eigenvalue weighted by Crippen LogP contribution is 2.45. The van der Waals surface area contributed by atoms with Crippen LogP contribution in [0.4, 0.5) is 0 Å². The lowest BCUT2D eigenvalue weighted by molar-refractivity contribution is -0.161. The minimum absolute atomic E-state index is 0.0290. The van der Waals surface area contributed by atoms with Crippen molar-refractivity contribution in [3.8, 4) is 0 Å². The molecule has 0 saturated heterocycles. The van der Waals surface area contributed by atoms with Crippen LogP contribution in [0.25, 0.3) is 0 Å². The van der Waals surface area contributed by atoms with Crippen molar-refractivity contribution in [1.82, 2.24) is 0 Å². The van der Waals surface area contributed by atoms with E-state index in [-0.39, 0.29) is 25.7 Å². The quantitative estimate of drug-likeness (QED) is 0.0169. The number of ether oxygens (including phenoxy) is 4. The fourth-order valence-electron chi connectivity index (χ4n) is 9.25. The number of unbranched alkanes of at least 4 members (excludes halogenated alkanes) is 17. The van der Waals surface area contributed by atoms with E-state index in [0.717, 1.165) is 161 Å². The van der Waals surface area contributed by atoms with Gasteiger partial charge in [0.1, 0.15) is 19.3 Å². The molecule has 0 fully saturated rings. The fourth-order valence-corrected chi connectivity index (χ4v) is 10.8. The second-order valence-electron chi connectivity index (χ2n) is 24.5. The predicted octanol–water partition coefficient (Wildman–Crippen LogP) is 21.7. The molecule has 0 spiro atoms. The number of allylic oxidation sites excluding steroid dienone is 26. The van der Waals surface area contributed by atoms with E-state index in [1.807, 2.05) is 18.2 Å². The molecule has 0 bridgehead atoms. The summed E-state index contributed by atoms with van der Waals surface area (Å²) >= 11 is 0. The SMILES string of the molecule is CC/C=C\C/C=C\C/C=C\C/C=C\C/C=C\C/C=C\CCC(=O)OCC(COP(=O)(O)OCC(O)COP(=O)(O)OCC(COC(=O)CCCC/C=C\C/C=C\C/C=C\C/C=C\CC)OC(=O)CCCCCCC/C=C\C/C=C\CCCCC)OC(=O)CCCCCCC/C=C\CCCC. The molecule has 19 heteroatoms. The standard InChI is InChI=1S/C81H132O17P2/c1-5-9-13-17-21-25-29-32-35-36-37-38-41-43-47-50-54-58-62-66-79(84)91-71-76(97-80(85)67-63-59-55-51-45-28-24-20-16-12-8-4)73-95-99(87,88)93-69-75(82)70-94-100(89,90)96-74-77(98-81(86)68-64-60-56-52-48-44-40-34-31-27-23-19-15-11-7-3)72-92-78(83)65-61-57-53-49-46-42-39-33-30-26-22-18-14-10-6-2/h9-10,13-14,20-27,32-35,37-40,43,46-47,49,54,58,75-77,82H,5-8,11-12,15-19,28-31,36,41-42,44-45,48,50-53,55-57,59-74H2,1-4H3,(H,87,88)(H,89,90)/b13-9-,14-10-,24-20-,25-21-,26-22-,27-23-,35-32-,38-37-,39-33-,40-34-,47-43-,49-46-,58-54-. The Morgan fingerprint density at radius 2 is 0.550 bits per heavy atom. The van der Waals surface area contributed by atoms with Crippen molar-refractivity contribution in [2.75, 3.05) is 39.6 Å². The minimum atomic E-state index is -5.00. The van der Waals surface area contributed by atoms with E-state index in [1.54, 1.807) is 0 Å². The molecule has 3 N–H and O–H groups in total. The lowest BCUT2D eigenvalue weighted by Gasteiger charge is -2.21. The van der Waals surface area contributed by atoms with Crippen LogP contribution in [-0.2, 0) is 65.4 Å². The van der Waals surface area contributed by atoms with Crippen molar-refractivity contribution in [2.24, 2.45) is 0 Å². The first-order valence-corrected chi connectivity index (χ1v) is 40.7. The van der Waals surface area contributed by atoms with Gasteiger partial charge in [0.15, 0.2) is 12.2 Å². The first-order valence-electron chi connectivity index (χ1n) is 37.7. The number of carbonyl (C=O) groups excluding carboxylic acids is 4. The van der Waals surface area contributed by atoms with Crippen LogP contribution in [0.3, 0.4) is 0 Å². The van der Waals surface area contributed by atoms with E-state index in [4.69, 9.17) is 37.0 Å². The summed E-state index contributed by atoms with van der Waals surface area (Å²) in [4.78, 5) is 72.8. The molecule has 100 heavy (non-hydrogen) atoms. The summed E-state index contributed by atoms with van der Waals surface area (Å²) in [7, 11) is -10.00. The average Bonchev–Trinajstić information content (AvgIpc) is 0.953. The third kappa shape index (κ3) is 71.1. The molecule has 0 amide bonds. The molecule has 568 valence electrons. The first-order chi connectivity index (χ1) is 48.7. The van der Waals surface area contributed by atoms with Crippen molar-refractivity contribution in [1.29, 1.82) is 0 Å². The highest BCUT2D eigenvalue weighted by atomic mass is 31.2. The summed E-state index contributed by atoms with van der Waals surface area (Å²) in [5.74, 6) is -2.36. The van der Waals surface area contributed by atoms with Gasteiger partial charge in [-0.05, 0) is 154 Å². The number of rotatable bonds is 69. The van der Waals surface area contributed by atoms with Gasteiger partial charge in [-0.3, -0.25) is 37.3 Å². The number of aliphatic hydroxyl groups is 1. The van der Waals surface area contributed by atoms with E-state index in [9.17, 15) is 43.2 Å². The third-order valence-corrected chi connectivity index (χ3v) is 16.9. The minimum Gasteiger partial charge on any atom is -0.462 e. The van der Waals surface area contributed by atoms with Gasteiger partial charge in [-0.15, -0.1) is 0 Å². The van der Waals surface area contributed by atoms with Crippen molar-refractivity contribution in [2.45, 2.75) is 290 Å². The van der Waals surface area contributed by atoms with Crippen molar-refractivity contribution in [3.05, 3.63) is 158 Å². The lowest BCUT2D eigenvalue weighted by Crippen LogP contribution is -2.30. The van der Waals surface area contributed by atoms with E-state index < -0.39 is 97.5 Å². The van der Waals surface area contributed by atoms with Gasteiger partial charge in [-0.1, -0.05) is 250 Å². The predicted molar refractivity (Wildman–Crippen MR) is 408 cm³/mol. The van der Waals surface area contributed by atoms with Gasteiger partial charge in [-0.2, -0.15) is 0 Å². The van der Waals surface area contributed by atoms with Crippen LogP contribution in [0, 0.1) is 0 Å². The van der Waals surface area contributed by atoms with E-state index in [0.29, 0.717) is 32.1 Å². The van der Waals surface area contributed by atoms with Crippen LogP contribution in [-0.4, -0.2) is 96.7 Å². The molecule has 0 heterocycles. The van der Waals surface area contributed by atoms with Gasteiger partial charge in [0.25, 0.3) is 0 Å². The van der Waals surface area contributed by atoms with E-state index >= 15 is 0 Å². The van der Waals surface area contributed by atoms with Gasteiger partial charge >= 0.3 is 39.5 Å².